The summed E-state index contributed by atoms with van der Waals surface area (Å²) in [6.07, 6.45) is 3.23. The molecule has 0 aromatic heterocycles. The maximum atomic E-state index is 12.0. The third-order valence-electron chi connectivity index (χ3n) is 3.30. The van der Waals surface area contributed by atoms with Crippen LogP contribution in [0, 0.1) is 0 Å². The monoisotopic (exact) mass is 286 g/mol. The van der Waals surface area contributed by atoms with Gasteiger partial charge in [-0.3, -0.25) is 9.69 Å². The Hall–Kier alpha value is -1.21. The molecule has 2 atom stereocenters. The molecule has 1 saturated heterocycles. The summed E-state index contributed by atoms with van der Waals surface area (Å²) in [6.45, 7) is 2.87. The molecule has 19 heavy (non-hydrogen) atoms. The summed E-state index contributed by atoms with van der Waals surface area (Å²) in [5.74, 6) is -1.51. The first-order valence-electron chi connectivity index (χ1n) is 6.41. The smallest absolute Gasteiger partial charge is 0.356 e. The molecule has 0 aromatic rings. The number of nitrogens with zero attached hydrogens (tertiary/aromatic N) is 1. The van der Waals surface area contributed by atoms with Gasteiger partial charge in [-0.15, -0.1) is 11.8 Å². The fraction of sp³-hybridized carbons (Fsp3) is 0.667. The number of hydrogen-bond acceptors (Lipinski definition) is 5. The predicted molar refractivity (Wildman–Crippen MR) is 71.7 cm³/mol. The number of rotatable bonds is 6. The second kappa shape index (κ2) is 5.83. The lowest BCUT2D eigenvalue weighted by Crippen LogP contribution is -2.69. The van der Waals surface area contributed by atoms with Crippen molar-refractivity contribution in [2.75, 3.05) is 12.3 Å². The van der Waals surface area contributed by atoms with Crippen molar-refractivity contribution in [1.29, 1.82) is 0 Å². The molecule has 0 aliphatic carbocycles. The first kappa shape index (κ1) is 14.2. The predicted octanol–water partition coefficient (Wildman–Crippen LogP) is 0.904. The lowest BCUT2D eigenvalue weighted by molar-refractivity contribution is -0.149. The summed E-state index contributed by atoms with van der Waals surface area (Å²) in [5, 5.41) is 21.6. The van der Waals surface area contributed by atoms with Crippen LogP contribution in [0.25, 0.3) is 0 Å². The van der Waals surface area contributed by atoms with Crippen LogP contribution >= 0.6 is 11.8 Å². The van der Waals surface area contributed by atoms with Crippen molar-refractivity contribution >= 4 is 23.6 Å². The van der Waals surface area contributed by atoms with Crippen LogP contribution in [-0.2, 0) is 9.59 Å². The zero-order chi connectivity index (χ0) is 14.0. The van der Waals surface area contributed by atoms with Gasteiger partial charge in [-0.1, -0.05) is 19.8 Å². The molecule has 1 fully saturated rings. The lowest BCUT2D eigenvalue weighted by Gasteiger charge is -2.48. The minimum absolute atomic E-state index is 0.212. The van der Waals surface area contributed by atoms with Gasteiger partial charge in [-0.05, 0) is 13.0 Å². The van der Waals surface area contributed by atoms with Crippen LogP contribution < -0.4 is 5.32 Å². The number of amides is 1. The topological polar surface area (TPSA) is 89.9 Å². The van der Waals surface area contributed by atoms with Crippen molar-refractivity contribution in [3.8, 4) is 0 Å². The van der Waals surface area contributed by atoms with Crippen molar-refractivity contribution in [2.24, 2.45) is 0 Å². The molecule has 106 valence electrons. The standard InChI is InChI=1S/C12H18N2O4S/c1-2-3-4-5-13-8-10(16)14-9(12(17)18)7(15)6-19-11(8)14/h8,11,13,15H,2-6H2,1H3,(H,17,18)/t8?,11-/m1/s1. The van der Waals surface area contributed by atoms with Crippen LogP contribution in [0.4, 0.5) is 0 Å². The SMILES string of the molecule is CCCCCNC1C(=O)N2C(C(=O)O)=C(O)CS[C@H]12. The van der Waals surface area contributed by atoms with E-state index < -0.39 is 5.97 Å². The molecule has 1 unspecified atom stereocenters. The fourth-order valence-corrected chi connectivity index (χ4v) is 3.52. The third kappa shape index (κ3) is 2.57. The number of aliphatic carboxylic acids is 1. The Labute approximate surface area is 115 Å². The molecule has 3 N–H and O–H groups in total. The highest BCUT2D eigenvalue weighted by molar-refractivity contribution is 8.00. The van der Waals surface area contributed by atoms with Gasteiger partial charge in [-0.2, -0.15) is 0 Å². The second-order valence-corrected chi connectivity index (χ2v) is 5.75. The van der Waals surface area contributed by atoms with Gasteiger partial charge in [0.2, 0.25) is 5.91 Å². The first-order valence-corrected chi connectivity index (χ1v) is 7.46. The minimum Gasteiger partial charge on any atom is -0.509 e. The highest BCUT2D eigenvalue weighted by atomic mass is 32.2. The summed E-state index contributed by atoms with van der Waals surface area (Å²) in [6, 6.07) is -0.329. The minimum atomic E-state index is -1.25. The van der Waals surface area contributed by atoms with E-state index in [-0.39, 0.29) is 34.5 Å². The molecule has 0 bridgehead atoms. The van der Waals surface area contributed by atoms with Crippen molar-refractivity contribution < 1.29 is 19.8 Å². The maximum absolute atomic E-state index is 12.0. The quantitative estimate of drug-likeness (QED) is 0.496. The Kier molecular flexibility index (Phi) is 4.36. The number of hydrogen-bond donors (Lipinski definition) is 3. The Balaban J connectivity index is 1.97. The highest BCUT2D eigenvalue weighted by Gasteiger charge is 2.53. The number of unbranched alkanes of at least 4 members (excludes halogenated alkanes) is 2. The molecule has 2 rings (SSSR count). The number of fused-ring (bicyclic) bond motifs is 1. The Morgan fingerprint density at radius 3 is 2.89 bits per heavy atom. The van der Waals surface area contributed by atoms with Gasteiger partial charge in [-0.25, -0.2) is 4.79 Å². The molecular formula is C12H18N2O4S. The van der Waals surface area contributed by atoms with E-state index in [0.717, 1.165) is 25.8 Å². The number of β-lactam (4-membered cyclic amide) rings is 1. The normalized spacial score (nSPS) is 26.2. The molecule has 0 saturated carbocycles. The molecular weight excluding hydrogens is 268 g/mol. The van der Waals surface area contributed by atoms with Gasteiger partial charge in [0, 0.05) is 0 Å². The van der Waals surface area contributed by atoms with Gasteiger partial charge < -0.3 is 15.5 Å². The average molecular weight is 286 g/mol. The largest absolute Gasteiger partial charge is 0.509 e. The second-order valence-electron chi connectivity index (χ2n) is 4.65. The Morgan fingerprint density at radius 2 is 2.26 bits per heavy atom. The molecule has 2 aliphatic heterocycles. The summed E-state index contributed by atoms with van der Waals surface area (Å²) >= 11 is 1.39. The van der Waals surface area contributed by atoms with E-state index in [4.69, 9.17) is 5.11 Å². The average Bonchev–Trinajstić information content (AvgIpc) is 2.38. The lowest BCUT2D eigenvalue weighted by atomic mass is 10.0. The summed E-state index contributed by atoms with van der Waals surface area (Å²) in [4.78, 5) is 24.2. The number of carboxylic acids is 1. The number of aliphatic hydroxyl groups is 1. The zero-order valence-corrected chi connectivity index (χ0v) is 11.6. The molecule has 0 radical (unpaired) electrons. The van der Waals surface area contributed by atoms with Gasteiger partial charge >= 0.3 is 5.97 Å². The van der Waals surface area contributed by atoms with Crippen LogP contribution in [0.1, 0.15) is 26.2 Å². The summed E-state index contributed by atoms with van der Waals surface area (Å²) < 4.78 is 0. The van der Waals surface area contributed by atoms with E-state index in [9.17, 15) is 14.7 Å². The van der Waals surface area contributed by atoms with Crippen molar-refractivity contribution in [3.63, 3.8) is 0 Å². The van der Waals surface area contributed by atoms with E-state index in [1.807, 2.05) is 0 Å². The molecule has 1 amide bonds. The first-order chi connectivity index (χ1) is 9.07. The van der Waals surface area contributed by atoms with Crippen LogP contribution in [-0.4, -0.2) is 50.7 Å². The van der Waals surface area contributed by atoms with Crippen molar-refractivity contribution in [3.05, 3.63) is 11.5 Å². The van der Waals surface area contributed by atoms with Crippen molar-refractivity contribution in [2.45, 2.75) is 37.6 Å². The van der Waals surface area contributed by atoms with Crippen LogP contribution in [0.2, 0.25) is 0 Å². The summed E-state index contributed by atoms with van der Waals surface area (Å²) in [7, 11) is 0. The van der Waals surface area contributed by atoms with E-state index in [1.54, 1.807) is 0 Å². The number of nitrogens with one attached hydrogen (secondary N) is 1. The van der Waals surface area contributed by atoms with Gasteiger partial charge in [0.05, 0.1) is 5.75 Å². The van der Waals surface area contributed by atoms with Crippen molar-refractivity contribution in [1.82, 2.24) is 10.2 Å². The van der Waals surface area contributed by atoms with Gasteiger partial charge in [0.1, 0.15) is 17.2 Å². The number of carbonyl (C=O) groups is 2. The highest BCUT2D eigenvalue weighted by Crippen LogP contribution is 2.39. The van der Waals surface area contributed by atoms with Crippen LogP contribution in [0.15, 0.2) is 11.5 Å². The Bertz CT molecular complexity index is 424. The van der Waals surface area contributed by atoms with Crippen LogP contribution in [0.5, 0.6) is 0 Å². The third-order valence-corrected chi connectivity index (χ3v) is 4.56. The van der Waals surface area contributed by atoms with E-state index in [1.165, 1.54) is 16.7 Å². The molecule has 0 aromatic carbocycles. The van der Waals surface area contributed by atoms with Gasteiger partial charge in [0.15, 0.2) is 5.70 Å². The molecule has 2 aliphatic rings. The van der Waals surface area contributed by atoms with E-state index in [2.05, 4.69) is 12.2 Å². The number of aliphatic hydroxyl groups excluding tert-OH is 1. The summed E-state index contributed by atoms with van der Waals surface area (Å²) in [5.41, 5.74) is -0.264. The van der Waals surface area contributed by atoms with E-state index in [0.29, 0.717) is 0 Å². The molecule has 2 heterocycles. The van der Waals surface area contributed by atoms with Gasteiger partial charge in [0.25, 0.3) is 0 Å². The number of carbonyl (C=O) groups excluding carboxylic acids is 1. The molecule has 0 spiro atoms. The van der Waals surface area contributed by atoms with E-state index >= 15 is 0 Å². The fourth-order valence-electron chi connectivity index (χ4n) is 2.29. The Morgan fingerprint density at radius 1 is 1.53 bits per heavy atom. The maximum Gasteiger partial charge on any atom is 0.356 e. The molecule has 6 nitrogen and oxygen atoms in total. The van der Waals surface area contributed by atoms with Crippen LogP contribution in [0.3, 0.4) is 0 Å². The number of carboxylic acid groups (broad SMARTS) is 1. The number of thioether (sulfide) groups is 1. The zero-order valence-electron chi connectivity index (χ0n) is 10.8. The molecule has 7 heteroatoms.